The van der Waals surface area contributed by atoms with E-state index < -0.39 is 60.4 Å². The Hall–Kier alpha value is -2.04. The van der Waals surface area contributed by atoms with Crippen LogP contribution in [0.2, 0.25) is 0 Å². The van der Waals surface area contributed by atoms with E-state index in [0.29, 0.717) is 12.1 Å². The van der Waals surface area contributed by atoms with Crippen molar-refractivity contribution in [2.45, 2.75) is 47.6 Å². The second-order valence-corrected chi connectivity index (χ2v) is 9.99. The van der Waals surface area contributed by atoms with Gasteiger partial charge in [-0.1, -0.05) is 0 Å². The van der Waals surface area contributed by atoms with Gasteiger partial charge in [-0.25, -0.2) is 17.2 Å². The van der Waals surface area contributed by atoms with Crippen molar-refractivity contribution in [3.05, 3.63) is 65.2 Å². The smallest absolute Gasteiger partial charge is 0.396 e. The average molecular weight is 464 g/mol. The minimum absolute atomic E-state index is 0.0301. The molecule has 3 atom stereocenters. The summed E-state index contributed by atoms with van der Waals surface area (Å²) in [6.45, 7) is -0.357. The predicted octanol–water partition coefficient (Wildman–Crippen LogP) is 4.20. The molecule has 0 heterocycles. The molecule has 0 unspecified atom stereocenters. The highest BCUT2D eigenvalue weighted by Gasteiger charge is 2.52. The Morgan fingerprint density at radius 2 is 1.71 bits per heavy atom. The molecule has 0 radical (unpaired) electrons. The summed E-state index contributed by atoms with van der Waals surface area (Å²) in [5.41, 5.74) is -1.49. The molecule has 0 amide bonds. The molecule has 1 aliphatic carbocycles. The van der Waals surface area contributed by atoms with Gasteiger partial charge in [0.05, 0.1) is 16.6 Å². The van der Waals surface area contributed by atoms with Crippen LogP contribution in [0.4, 0.5) is 22.0 Å². The zero-order valence-corrected chi connectivity index (χ0v) is 17.1. The van der Waals surface area contributed by atoms with E-state index in [1.807, 2.05) is 0 Å². The van der Waals surface area contributed by atoms with E-state index in [1.165, 1.54) is 0 Å². The van der Waals surface area contributed by atoms with Crippen LogP contribution >= 0.6 is 0 Å². The monoisotopic (exact) mass is 464 g/mol. The molecule has 0 aliphatic heterocycles. The largest absolute Gasteiger partial charge is 0.416 e. The summed E-state index contributed by atoms with van der Waals surface area (Å²) in [5, 5.41) is 19.6. The minimum Gasteiger partial charge on any atom is -0.396 e. The summed E-state index contributed by atoms with van der Waals surface area (Å²) in [7, 11) is -4.52. The number of sulfone groups is 1. The first-order valence-electron chi connectivity index (χ1n) is 9.59. The molecule has 1 saturated carbocycles. The normalized spacial score (nSPS) is 24.9. The van der Waals surface area contributed by atoms with Gasteiger partial charge in [0.1, 0.15) is 16.4 Å². The highest BCUT2D eigenvalue weighted by molar-refractivity contribution is 7.92. The first-order valence-corrected chi connectivity index (χ1v) is 11.1. The van der Waals surface area contributed by atoms with Crippen LogP contribution in [-0.2, 0) is 20.8 Å². The molecule has 0 bridgehead atoms. The maximum absolute atomic E-state index is 14.8. The standard InChI is InChI=1S/C21H21F5O4S/c22-15-3-6-18(23)17(11-15)20(9-7-19(28)13(12-20)8-10-27)31(29,30)16-4-1-14(2-5-16)21(24,25)26/h1-6,11,13,19,27-28H,7-10,12H2/t13-,19-,20-/m0/s1. The number of hydrogen-bond donors (Lipinski definition) is 2. The van der Waals surface area contributed by atoms with Gasteiger partial charge in [-0.15, -0.1) is 0 Å². The lowest BCUT2D eigenvalue weighted by Crippen LogP contribution is -2.46. The second kappa shape index (κ2) is 8.48. The molecule has 2 N–H and O–H groups in total. The molecular formula is C21H21F5O4S. The Labute approximate surface area is 176 Å². The Morgan fingerprint density at radius 1 is 1.06 bits per heavy atom. The quantitative estimate of drug-likeness (QED) is 0.651. The maximum atomic E-state index is 14.8. The van der Waals surface area contributed by atoms with Gasteiger partial charge in [0, 0.05) is 12.2 Å². The van der Waals surface area contributed by atoms with Gasteiger partial charge in [-0.3, -0.25) is 0 Å². The van der Waals surface area contributed by atoms with Crippen molar-refractivity contribution in [1.29, 1.82) is 0 Å². The maximum Gasteiger partial charge on any atom is 0.416 e. The SMILES string of the molecule is O=S(=O)(c1ccc(C(F)(F)F)cc1)[C@@]1(c2cc(F)ccc2F)CC[C@H](O)[C@@H](CCO)C1. The molecular weight excluding hydrogens is 443 g/mol. The van der Waals surface area contributed by atoms with Crippen LogP contribution in [0.3, 0.4) is 0 Å². The van der Waals surface area contributed by atoms with Gasteiger partial charge in [0.15, 0.2) is 9.84 Å². The Balaban J connectivity index is 2.19. The van der Waals surface area contributed by atoms with Gasteiger partial charge < -0.3 is 10.2 Å². The van der Waals surface area contributed by atoms with E-state index in [1.54, 1.807) is 0 Å². The molecule has 4 nitrogen and oxygen atoms in total. The van der Waals surface area contributed by atoms with E-state index in [0.717, 1.165) is 30.3 Å². The number of aliphatic hydroxyl groups is 2. The van der Waals surface area contributed by atoms with Gasteiger partial charge in [-0.05, 0) is 74.1 Å². The highest BCUT2D eigenvalue weighted by atomic mass is 32.2. The van der Waals surface area contributed by atoms with Crippen molar-refractivity contribution in [3.63, 3.8) is 0 Å². The molecule has 0 aromatic heterocycles. The van der Waals surface area contributed by atoms with Crippen LogP contribution in [0.1, 0.15) is 36.8 Å². The molecule has 10 heteroatoms. The van der Waals surface area contributed by atoms with Crippen molar-refractivity contribution in [2.24, 2.45) is 5.92 Å². The van der Waals surface area contributed by atoms with Gasteiger partial charge in [0.25, 0.3) is 0 Å². The van der Waals surface area contributed by atoms with Crippen molar-refractivity contribution >= 4 is 9.84 Å². The van der Waals surface area contributed by atoms with Crippen LogP contribution in [0, 0.1) is 17.6 Å². The molecule has 2 aromatic rings. The number of benzene rings is 2. The fourth-order valence-electron chi connectivity index (χ4n) is 4.27. The molecule has 1 aliphatic rings. The van der Waals surface area contributed by atoms with E-state index in [-0.39, 0.29) is 32.3 Å². The lowest BCUT2D eigenvalue weighted by Gasteiger charge is -2.43. The summed E-state index contributed by atoms with van der Waals surface area (Å²) in [6.07, 6.45) is -6.25. The first kappa shape index (κ1) is 23.6. The van der Waals surface area contributed by atoms with Crippen molar-refractivity contribution in [2.75, 3.05) is 6.61 Å². The van der Waals surface area contributed by atoms with Gasteiger partial charge >= 0.3 is 6.18 Å². The van der Waals surface area contributed by atoms with Gasteiger partial charge in [0.2, 0.25) is 0 Å². The van der Waals surface area contributed by atoms with Crippen molar-refractivity contribution in [3.8, 4) is 0 Å². The van der Waals surface area contributed by atoms with Crippen molar-refractivity contribution < 1.29 is 40.6 Å². The molecule has 1 fully saturated rings. The van der Waals surface area contributed by atoms with Gasteiger partial charge in [-0.2, -0.15) is 13.2 Å². The van der Waals surface area contributed by atoms with Crippen LogP contribution in [0.25, 0.3) is 0 Å². The molecule has 2 aromatic carbocycles. The third-order valence-corrected chi connectivity index (χ3v) is 8.42. The number of rotatable bonds is 5. The Morgan fingerprint density at radius 3 is 2.29 bits per heavy atom. The third kappa shape index (κ3) is 4.33. The first-order chi connectivity index (χ1) is 14.4. The zero-order valence-electron chi connectivity index (χ0n) is 16.2. The van der Waals surface area contributed by atoms with E-state index in [9.17, 15) is 40.6 Å². The predicted molar refractivity (Wildman–Crippen MR) is 102 cm³/mol. The molecule has 0 saturated heterocycles. The van der Waals surface area contributed by atoms with E-state index in [4.69, 9.17) is 0 Å². The fraction of sp³-hybridized carbons (Fsp3) is 0.429. The summed E-state index contributed by atoms with van der Waals surface area (Å²) in [4.78, 5) is -0.469. The van der Waals surface area contributed by atoms with Crippen LogP contribution < -0.4 is 0 Å². The molecule has 0 spiro atoms. The molecule has 3 rings (SSSR count). The third-order valence-electron chi connectivity index (χ3n) is 5.91. The summed E-state index contributed by atoms with van der Waals surface area (Å²) < 4.78 is 92.8. The Bertz CT molecular complexity index is 1040. The number of hydrogen-bond acceptors (Lipinski definition) is 4. The fourth-order valence-corrected chi connectivity index (χ4v) is 6.48. The Kier molecular flexibility index (Phi) is 6.46. The van der Waals surface area contributed by atoms with E-state index >= 15 is 0 Å². The van der Waals surface area contributed by atoms with Crippen molar-refractivity contribution in [1.82, 2.24) is 0 Å². The summed E-state index contributed by atoms with van der Waals surface area (Å²) in [5.74, 6) is -2.58. The summed E-state index contributed by atoms with van der Waals surface area (Å²) in [6, 6.07) is 5.22. The molecule has 170 valence electrons. The minimum atomic E-state index is -4.67. The number of aliphatic hydroxyl groups excluding tert-OH is 2. The lowest BCUT2D eigenvalue weighted by atomic mass is 9.74. The number of alkyl halides is 3. The van der Waals surface area contributed by atoms with Crippen LogP contribution in [-0.4, -0.2) is 31.3 Å². The lowest BCUT2D eigenvalue weighted by molar-refractivity contribution is -0.137. The highest BCUT2D eigenvalue weighted by Crippen LogP contribution is 2.50. The topological polar surface area (TPSA) is 74.6 Å². The van der Waals surface area contributed by atoms with Crippen LogP contribution in [0.5, 0.6) is 0 Å². The molecule has 31 heavy (non-hydrogen) atoms. The zero-order chi connectivity index (χ0) is 23.0. The number of halogens is 5. The summed E-state index contributed by atoms with van der Waals surface area (Å²) >= 11 is 0. The average Bonchev–Trinajstić information content (AvgIpc) is 2.71. The van der Waals surface area contributed by atoms with E-state index in [2.05, 4.69) is 0 Å². The second-order valence-electron chi connectivity index (χ2n) is 7.73. The van der Waals surface area contributed by atoms with Crippen LogP contribution in [0.15, 0.2) is 47.4 Å².